The minimum absolute atomic E-state index is 0.0846. The molecule has 41 heavy (non-hydrogen) atoms. The number of carbonyl (C=O) groups is 1. The van der Waals surface area contributed by atoms with E-state index >= 15 is 0 Å². The van der Waals surface area contributed by atoms with E-state index in [0.717, 1.165) is 26.7 Å². The molecule has 1 heterocycles. The van der Waals surface area contributed by atoms with Gasteiger partial charge in [0.25, 0.3) is 5.91 Å². The second kappa shape index (κ2) is 13.9. The first kappa shape index (κ1) is 29.0. The molecule has 0 atom stereocenters. The van der Waals surface area contributed by atoms with E-state index in [1.54, 1.807) is 4.90 Å². The Bertz CT molecular complexity index is 1560. The van der Waals surface area contributed by atoms with E-state index in [1.807, 2.05) is 110 Å². The maximum absolute atomic E-state index is 13.7. The lowest BCUT2D eigenvalue weighted by molar-refractivity contribution is -0.122. The number of hydrogen-bond acceptors (Lipinski definition) is 5. The number of carbonyl (C=O) groups excluding carboxylic acids is 1. The molecular formula is C33H28BrClN2O3S. The Morgan fingerprint density at radius 2 is 1.54 bits per heavy atom. The monoisotopic (exact) mass is 646 g/mol. The van der Waals surface area contributed by atoms with Gasteiger partial charge >= 0.3 is 0 Å². The molecule has 1 fully saturated rings. The third kappa shape index (κ3) is 7.61. The number of aliphatic imine (C=N–C) groups is 1. The van der Waals surface area contributed by atoms with E-state index in [2.05, 4.69) is 15.9 Å². The van der Waals surface area contributed by atoms with Gasteiger partial charge in [-0.2, -0.15) is 0 Å². The van der Waals surface area contributed by atoms with Crippen molar-refractivity contribution >= 4 is 56.4 Å². The van der Waals surface area contributed by atoms with Crippen LogP contribution in [0.4, 0.5) is 0 Å². The molecule has 208 valence electrons. The summed E-state index contributed by atoms with van der Waals surface area (Å²) in [6.45, 7) is 3.71. The molecule has 1 aliphatic heterocycles. The van der Waals surface area contributed by atoms with Crippen LogP contribution in [0.3, 0.4) is 0 Å². The Hall–Kier alpha value is -3.52. The molecule has 0 spiro atoms. The summed E-state index contributed by atoms with van der Waals surface area (Å²) in [5.74, 6) is 1.13. The predicted octanol–water partition coefficient (Wildman–Crippen LogP) is 8.75. The maximum Gasteiger partial charge on any atom is 0.267 e. The fourth-order valence-electron chi connectivity index (χ4n) is 4.20. The number of benzene rings is 4. The summed E-state index contributed by atoms with van der Waals surface area (Å²) >= 11 is 11.1. The Balaban J connectivity index is 1.42. The van der Waals surface area contributed by atoms with Crippen LogP contribution in [0.15, 0.2) is 111 Å². The summed E-state index contributed by atoms with van der Waals surface area (Å²) in [6, 6.07) is 31.3. The first-order chi connectivity index (χ1) is 20.0. The molecule has 0 bridgehead atoms. The van der Waals surface area contributed by atoms with Crippen molar-refractivity contribution in [1.82, 2.24) is 4.90 Å². The number of halogens is 2. The number of thioether (sulfide) groups is 1. The van der Waals surface area contributed by atoms with Gasteiger partial charge in [-0.1, -0.05) is 100 Å². The van der Waals surface area contributed by atoms with Gasteiger partial charge in [0.05, 0.1) is 24.6 Å². The van der Waals surface area contributed by atoms with E-state index in [4.69, 9.17) is 26.1 Å². The number of amides is 1. The SMILES string of the molecule is CCOc1cc(/C=C2\SC(=NCc3ccccc3)N(Cc3ccccc3)C2=O)c(Br)cc1OCc1ccc(Cl)cc1. The highest BCUT2D eigenvalue weighted by molar-refractivity contribution is 9.10. The van der Waals surface area contributed by atoms with Gasteiger partial charge in [0.2, 0.25) is 0 Å². The first-order valence-corrected chi connectivity index (χ1v) is 15.2. The average molecular weight is 648 g/mol. The molecule has 5 rings (SSSR count). The molecule has 0 aromatic heterocycles. The van der Waals surface area contributed by atoms with Gasteiger partial charge in [-0.3, -0.25) is 14.7 Å². The number of rotatable bonds is 10. The minimum atomic E-state index is -0.0846. The summed E-state index contributed by atoms with van der Waals surface area (Å²) in [5.41, 5.74) is 3.93. The van der Waals surface area contributed by atoms with Crippen LogP contribution in [0.5, 0.6) is 11.5 Å². The molecule has 0 N–H and O–H groups in total. The highest BCUT2D eigenvalue weighted by atomic mass is 79.9. The number of amidine groups is 1. The predicted molar refractivity (Wildman–Crippen MR) is 171 cm³/mol. The zero-order valence-electron chi connectivity index (χ0n) is 22.4. The van der Waals surface area contributed by atoms with Crippen molar-refractivity contribution in [2.75, 3.05) is 6.61 Å². The molecular weight excluding hydrogens is 620 g/mol. The van der Waals surface area contributed by atoms with E-state index in [-0.39, 0.29) is 5.91 Å². The first-order valence-electron chi connectivity index (χ1n) is 13.2. The lowest BCUT2D eigenvalue weighted by atomic mass is 10.1. The summed E-state index contributed by atoms with van der Waals surface area (Å²) in [4.78, 5) is 20.9. The summed E-state index contributed by atoms with van der Waals surface area (Å²) < 4.78 is 12.8. The van der Waals surface area contributed by atoms with Crippen LogP contribution < -0.4 is 9.47 Å². The van der Waals surface area contributed by atoms with Gasteiger partial charge in [0.1, 0.15) is 6.61 Å². The Kier molecular flexibility index (Phi) is 9.83. The molecule has 1 amide bonds. The number of hydrogen-bond donors (Lipinski definition) is 0. The van der Waals surface area contributed by atoms with Crippen molar-refractivity contribution < 1.29 is 14.3 Å². The summed E-state index contributed by atoms with van der Waals surface area (Å²) in [5, 5.41) is 1.36. The second-order valence-electron chi connectivity index (χ2n) is 9.24. The van der Waals surface area contributed by atoms with Crippen molar-refractivity contribution in [2.45, 2.75) is 26.6 Å². The third-order valence-corrected chi connectivity index (χ3v) is 8.25. The topological polar surface area (TPSA) is 51.1 Å². The number of ether oxygens (including phenoxy) is 2. The van der Waals surface area contributed by atoms with Crippen LogP contribution in [0, 0.1) is 0 Å². The molecule has 4 aromatic carbocycles. The van der Waals surface area contributed by atoms with Gasteiger partial charge in [-0.15, -0.1) is 0 Å². The quantitative estimate of drug-likeness (QED) is 0.162. The molecule has 0 saturated carbocycles. The van der Waals surface area contributed by atoms with Crippen LogP contribution in [-0.2, 0) is 24.5 Å². The summed E-state index contributed by atoms with van der Waals surface area (Å²) in [6.07, 6.45) is 1.88. The zero-order valence-corrected chi connectivity index (χ0v) is 25.6. The minimum Gasteiger partial charge on any atom is -0.490 e. The Morgan fingerprint density at radius 3 is 2.22 bits per heavy atom. The van der Waals surface area contributed by atoms with Crippen molar-refractivity contribution in [3.63, 3.8) is 0 Å². The normalized spacial score (nSPS) is 15.1. The van der Waals surface area contributed by atoms with Crippen LogP contribution in [-0.4, -0.2) is 22.6 Å². The lowest BCUT2D eigenvalue weighted by Crippen LogP contribution is -2.28. The van der Waals surface area contributed by atoms with Crippen LogP contribution >= 0.6 is 39.3 Å². The van der Waals surface area contributed by atoms with Gasteiger partial charge in [-0.25, -0.2) is 0 Å². The standard InChI is InChI=1S/C33H28BrClN2O3S/c1-2-39-29-17-26(28(34)19-30(29)40-22-25-13-15-27(35)16-14-25)18-31-32(38)37(21-24-11-7-4-8-12-24)33(41-31)36-20-23-9-5-3-6-10-23/h3-19H,2,20-22H2,1H3/b31-18-,36-33?. The largest absolute Gasteiger partial charge is 0.490 e. The van der Waals surface area contributed by atoms with Gasteiger partial charge in [0, 0.05) is 9.50 Å². The van der Waals surface area contributed by atoms with Crippen LogP contribution in [0.25, 0.3) is 6.08 Å². The molecule has 0 radical (unpaired) electrons. The zero-order chi connectivity index (χ0) is 28.6. The van der Waals surface area contributed by atoms with E-state index in [0.29, 0.717) is 52.9 Å². The molecule has 4 aromatic rings. The highest BCUT2D eigenvalue weighted by Crippen LogP contribution is 2.39. The number of nitrogens with zero attached hydrogens (tertiary/aromatic N) is 2. The van der Waals surface area contributed by atoms with E-state index < -0.39 is 0 Å². The second-order valence-corrected chi connectivity index (χ2v) is 11.5. The lowest BCUT2D eigenvalue weighted by Gasteiger charge is -2.16. The smallest absolute Gasteiger partial charge is 0.267 e. The highest BCUT2D eigenvalue weighted by Gasteiger charge is 2.33. The van der Waals surface area contributed by atoms with Crippen molar-refractivity contribution in [2.24, 2.45) is 4.99 Å². The third-order valence-electron chi connectivity index (χ3n) is 6.27. The molecule has 0 aliphatic carbocycles. The van der Waals surface area contributed by atoms with Crippen LogP contribution in [0.1, 0.15) is 29.2 Å². The Morgan fingerprint density at radius 1 is 0.878 bits per heavy atom. The molecule has 8 heteroatoms. The average Bonchev–Trinajstić information content (AvgIpc) is 3.28. The molecule has 1 aliphatic rings. The molecule has 5 nitrogen and oxygen atoms in total. The van der Waals surface area contributed by atoms with Crippen LogP contribution in [0.2, 0.25) is 5.02 Å². The van der Waals surface area contributed by atoms with Crippen molar-refractivity contribution in [1.29, 1.82) is 0 Å². The van der Waals surface area contributed by atoms with E-state index in [9.17, 15) is 4.79 Å². The van der Waals surface area contributed by atoms with Gasteiger partial charge < -0.3 is 9.47 Å². The van der Waals surface area contributed by atoms with Gasteiger partial charge in [-0.05, 0) is 71.3 Å². The molecule has 0 unspecified atom stereocenters. The summed E-state index contributed by atoms with van der Waals surface area (Å²) in [7, 11) is 0. The van der Waals surface area contributed by atoms with E-state index in [1.165, 1.54) is 11.8 Å². The fourth-order valence-corrected chi connectivity index (χ4v) is 5.73. The van der Waals surface area contributed by atoms with Crippen molar-refractivity contribution in [3.05, 3.63) is 134 Å². The van der Waals surface area contributed by atoms with Gasteiger partial charge in [0.15, 0.2) is 16.7 Å². The maximum atomic E-state index is 13.7. The Labute approximate surface area is 258 Å². The van der Waals surface area contributed by atoms with Crippen molar-refractivity contribution in [3.8, 4) is 11.5 Å². The fraction of sp³-hybridized carbons (Fsp3) is 0.152. The molecule has 1 saturated heterocycles.